The summed E-state index contributed by atoms with van der Waals surface area (Å²) in [7, 11) is 3.72. The van der Waals surface area contributed by atoms with Gasteiger partial charge < -0.3 is 10.2 Å². The molecular weight excluding hydrogens is 241 g/mol. The molecular formula is C15H18FN3. The van der Waals surface area contributed by atoms with Crippen LogP contribution < -0.4 is 10.2 Å². The van der Waals surface area contributed by atoms with E-state index in [1.807, 2.05) is 32.3 Å². The molecule has 0 saturated heterocycles. The third-order valence-electron chi connectivity index (χ3n) is 3.26. The summed E-state index contributed by atoms with van der Waals surface area (Å²) >= 11 is 0. The first-order chi connectivity index (χ1) is 9.13. The summed E-state index contributed by atoms with van der Waals surface area (Å²) in [6, 6.07) is 10.8. The monoisotopic (exact) mass is 259 g/mol. The minimum atomic E-state index is -0.251. The van der Waals surface area contributed by atoms with E-state index in [1.54, 1.807) is 23.2 Å². The molecule has 2 aromatic rings. The molecule has 0 bridgehead atoms. The van der Waals surface area contributed by atoms with Crippen LogP contribution in [0.15, 0.2) is 42.6 Å². The van der Waals surface area contributed by atoms with Gasteiger partial charge in [0.05, 0.1) is 5.69 Å². The van der Waals surface area contributed by atoms with Crippen molar-refractivity contribution in [2.75, 3.05) is 19.0 Å². The number of nitrogens with zero attached hydrogens (tertiary/aromatic N) is 2. The van der Waals surface area contributed by atoms with Gasteiger partial charge in [-0.3, -0.25) is 0 Å². The summed E-state index contributed by atoms with van der Waals surface area (Å²) in [5.41, 5.74) is 1.64. The van der Waals surface area contributed by atoms with Gasteiger partial charge in [0.15, 0.2) is 0 Å². The Hall–Kier alpha value is -1.94. The second-order valence-electron chi connectivity index (χ2n) is 4.47. The molecule has 100 valence electrons. The van der Waals surface area contributed by atoms with E-state index in [0.29, 0.717) is 5.69 Å². The summed E-state index contributed by atoms with van der Waals surface area (Å²) < 4.78 is 13.8. The third kappa shape index (κ3) is 2.90. The molecule has 0 saturated carbocycles. The third-order valence-corrected chi connectivity index (χ3v) is 3.26. The zero-order valence-electron chi connectivity index (χ0n) is 11.4. The Bertz CT molecular complexity index is 557. The lowest BCUT2D eigenvalue weighted by Crippen LogP contribution is -2.16. The van der Waals surface area contributed by atoms with Gasteiger partial charge in [-0.2, -0.15) is 0 Å². The summed E-state index contributed by atoms with van der Waals surface area (Å²) in [5, 5.41) is 3.18. The van der Waals surface area contributed by atoms with Gasteiger partial charge >= 0.3 is 0 Å². The van der Waals surface area contributed by atoms with Crippen LogP contribution in [-0.4, -0.2) is 19.1 Å². The second kappa shape index (κ2) is 5.80. The predicted molar refractivity (Wildman–Crippen MR) is 76.2 cm³/mol. The number of aromatic nitrogens is 1. The molecule has 4 heteroatoms. The van der Waals surface area contributed by atoms with Crippen molar-refractivity contribution in [3.8, 4) is 0 Å². The average molecular weight is 259 g/mol. The Morgan fingerprint density at radius 3 is 2.68 bits per heavy atom. The number of anilines is 2. The van der Waals surface area contributed by atoms with Crippen molar-refractivity contribution in [1.29, 1.82) is 0 Å². The number of para-hydroxylation sites is 1. The van der Waals surface area contributed by atoms with E-state index < -0.39 is 0 Å². The highest BCUT2D eigenvalue weighted by Gasteiger charge is 2.11. The average Bonchev–Trinajstić information content (AvgIpc) is 2.46. The molecule has 1 heterocycles. The maximum Gasteiger partial charge on any atom is 0.146 e. The number of rotatable bonds is 4. The largest absolute Gasteiger partial charge is 0.327 e. The molecule has 0 spiro atoms. The second-order valence-corrected chi connectivity index (χ2v) is 4.47. The van der Waals surface area contributed by atoms with Gasteiger partial charge in [0.25, 0.3) is 0 Å². The predicted octanol–water partition coefficient (Wildman–Crippen LogP) is 3.27. The molecule has 0 aliphatic heterocycles. The lowest BCUT2D eigenvalue weighted by atomic mass is 10.1. The van der Waals surface area contributed by atoms with E-state index in [9.17, 15) is 4.39 Å². The summed E-state index contributed by atoms with van der Waals surface area (Å²) in [6.45, 7) is 2.07. The van der Waals surface area contributed by atoms with Crippen molar-refractivity contribution in [3.63, 3.8) is 0 Å². The first kappa shape index (κ1) is 13.5. The molecule has 0 aliphatic carbocycles. The zero-order chi connectivity index (χ0) is 13.8. The fraction of sp³-hybridized carbons (Fsp3) is 0.267. The summed E-state index contributed by atoms with van der Waals surface area (Å²) in [6.07, 6.45) is 1.75. The maximum absolute atomic E-state index is 13.8. The van der Waals surface area contributed by atoms with Gasteiger partial charge in [-0.25, -0.2) is 9.37 Å². The van der Waals surface area contributed by atoms with E-state index in [2.05, 4.69) is 17.2 Å². The van der Waals surface area contributed by atoms with Gasteiger partial charge in [0, 0.05) is 19.3 Å². The Balaban J connectivity index is 2.34. The van der Waals surface area contributed by atoms with Crippen molar-refractivity contribution in [3.05, 3.63) is 54.0 Å². The lowest BCUT2D eigenvalue weighted by molar-refractivity contribution is 0.627. The smallest absolute Gasteiger partial charge is 0.146 e. The van der Waals surface area contributed by atoms with Crippen LogP contribution in [0.1, 0.15) is 18.5 Å². The number of benzene rings is 1. The number of pyridine rings is 1. The van der Waals surface area contributed by atoms with Crippen molar-refractivity contribution < 1.29 is 4.39 Å². The van der Waals surface area contributed by atoms with E-state index in [0.717, 1.165) is 11.4 Å². The molecule has 1 aromatic carbocycles. The molecule has 1 N–H and O–H groups in total. The first-order valence-corrected chi connectivity index (χ1v) is 6.25. The number of halogens is 1. The number of hydrogen-bond acceptors (Lipinski definition) is 3. The van der Waals surface area contributed by atoms with Crippen molar-refractivity contribution in [2.45, 2.75) is 13.0 Å². The van der Waals surface area contributed by atoms with E-state index in [4.69, 9.17) is 0 Å². The Morgan fingerprint density at radius 1 is 1.26 bits per heavy atom. The van der Waals surface area contributed by atoms with Crippen LogP contribution >= 0.6 is 0 Å². The normalized spacial score (nSPS) is 12.2. The quantitative estimate of drug-likeness (QED) is 0.913. The van der Waals surface area contributed by atoms with Crippen LogP contribution in [0.4, 0.5) is 15.9 Å². The Kier molecular flexibility index (Phi) is 4.12. The molecule has 19 heavy (non-hydrogen) atoms. The molecule has 1 atom stereocenters. The van der Waals surface area contributed by atoms with Crippen molar-refractivity contribution in [2.24, 2.45) is 0 Å². The Labute approximate surface area is 113 Å². The van der Waals surface area contributed by atoms with Crippen molar-refractivity contribution >= 4 is 11.5 Å². The van der Waals surface area contributed by atoms with Gasteiger partial charge in [-0.15, -0.1) is 0 Å². The fourth-order valence-corrected chi connectivity index (χ4v) is 1.90. The van der Waals surface area contributed by atoms with Crippen LogP contribution in [0.5, 0.6) is 0 Å². The number of nitrogens with one attached hydrogen (secondary N) is 1. The lowest BCUT2D eigenvalue weighted by Gasteiger charge is -2.20. The van der Waals surface area contributed by atoms with Gasteiger partial charge in [-0.1, -0.05) is 12.1 Å². The van der Waals surface area contributed by atoms with Crippen LogP contribution in [0.3, 0.4) is 0 Å². The van der Waals surface area contributed by atoms with Crippen LogP contribution in [-0.2, 0) is 0 Å². The molecule has 0 fully saturated rings. The summed E-state index contributed by atoms with van der Waals surface area (Å²) in [4.78, 5) is 6.06. The fourth-order valence-electron chi connectivity index (χ4n) is 1.90. The van der Waals surface area contributed by atoms with E-state index in [-0.39, 0.29) is 11.9 Å². The summed E-state index contributed by atoms with van der Waals surface area (Å²) in [5.74, 6) is 0.476. The van der Waals surface area contributed by atoms with Crippen LogP contribution in [0, 0.1) is 5.82 Å². The maximum atomic E-state index is 13.8. The first-order valence-electron chi connectivity index (χ1n) is 6.25. The van der Waals surface area contributed by atoms with Crippen molar-refractivity contribution in [1.82, 2.24) is 10.3 Å². The minimum absolute atomic E-state index is 0.232. The zero-order valence-corrected chi connectivity index (χ0v) is 11.4. The Morgan fingerprint density at radius 2 is 2.00 bits per heavy atom. The number of hydrogen-bond donors (Lipinski definition) is 1. The molecule has 3 nitrogen and oxygen atoms in total. The highest BCUT2D eigenvalue weighted by atomic mass is 19.1. The topological polar surface area (TPSA) is 28.2 Å². The minimum Gasteiger partial charge on any atom is -0.327 e. The SMILES string of the molecule is CNC(C)c1ccnc(N(C)c2ccccc2F)c1. The van der Waals surface area contributed by atoms with Gasteiger partial charge in [0.2, 0.25) is 0 Å². The van der Waals surface area contributed by atoms with Crippen LogP contribution in [0.2, 0.25) is 0 Å². The van der Waals surface area contributed by atoms with E-state index >= 15 is 0 Å². The van der Waals surface area contributed by atoms with Gasteiger partial charge in [0.1, 0.15) is 11.6 Å². The molecule has 1 aromatic heterocycles. The molecule has 0 aliphatic rings. The molecule has 0 radical (unpaired) electrons. The standard InChI is InChI=1S/C15H18FN3/c1-11(17-2)12-8-9-18-15(10-12)19(3)14-7-5-4-6-13(14)16/h4-11,17H,1-3H3. The molecule has 1 unspecified atom stereocenters. The molecule has 2 rings (SSSR count). The highest BCUT2D eigenvalue weighted by molar-refractivity contribution is 5.60. The highest BCUT2D eigenvalue weighted by Crippen LogP contribution is 2.26. The molecule has 0 amide bonds. The van der Waals surface area contributed by atoms with Crippen LogP contribution in [0.25, 0.3) is 0 Å². The van der Waals surface area contributed by atoms with Gasteiger partial charge in [-0.05, 0) is 43.8 Å². The van der Waals surface area contributed by atoms with E-state index in [1.165, 1.54) is 6.07 Å².